The summed E-state index contributed by atoms with van der Waals surface area (Å²) in [5.74, 6) is 0.521. The summed E-state index contributed by atoms with van der Waals surface area (Å²) in [6, 6.07) is 24.6. The van der Waals surface area contributed by atoms with Gasteiger partial charge in [0.05, 0.1) is 29.2 Å². The first-order valence-electron chi connectivity index (χ1n) is 17.0. The van der Waals surface area contributed by atoms with Crippen LogP contribution in [0.2, 0.25) is 10.0 Å². The highest BCUT2D eigenvalue weighted by molar-refractivity contribution is 6.42. The van der Waals surface area contributed by atoms with Crippen molar-refractivity contribution in [2.45, 2.75) is 83.8 Å². The van der Waals surface area contributed by atoms with Crippen LogP contribution in [-0.4, -0.2) is 72.1 Å². The van der Waals surface area contributed by atoms with Gasteiger partial charge in [0.1, 0.15) is 5.75 Å². The molecular weight excluding hydrogens is 683 g/mol. The van der Waals surface area contributed by atoms with Crippen molar-refractivity contribution in [2.24, 2.45) is 5.41 Å². The van der Waals surface area contributed by atoms with Crippen molar-refractivity contribution in [3.8, 4) is 5.75 Å². The summed E-state index contributed by atoms with van der Waals surface area (Å²) < 4.78 is 11.6. The molecule has 5 rings (SSSR count). The molecule has 2 saturated heterocycles. The van der Waals surface area contributed by atoms with Crippen LogP contribution in [0.15, 0.2) is 72.8 Å². The Kier molecular flexibility index (Phi) is 15.7. The normalized spacial score (nSPS) is 20.1. The van der Waals surface area contributed by atoms with Crippen LogP contribution in [0.5, 0.6) is 5.75 Å². The van der Waals surface area contributed by atoms with E-state index in [0.29, 0.717) is 42.6 Å². The minimum absolute atomic E-state index is 0. The van der Waals surface area contributed by atoms with Crippen LogP contribution in [-0.2, 0) is 27.2 Å². The summed E-state index contributed by atoms with van der Waals surface area (Å²) in [7, 11) is 0. The number of halogens is 3. The summed E-state index contributed by atoms with van der Waals surface area (Å²) in [4.78, 5) is 30.8. The van der Waals surface area contributed by atoms with Crippen molar-refractivity contribution in [2.75, 3.05) is 32.8 Å². The Bertz CT molecular complexity index is 1500. The highest BCUT2D eigenvalue weighted by Crippen LogP contribution is 2.52. The minimum Gasteiger partial charge on any atom is -0.491 e. The van der Waals surface area contributed by atoms with Gasteiger partial charge in [-0.25, -0.2) is 0 Å². The molecule has 7 nitrogen and oxygen atoms in total. The average molecular weight is 734 g/mol. The van der Waals surface area contributed by atoms with Gasteiger partial charge in [0.15, 0.2) is 0 Å². The third kappa shape index (κ3) is 10.6. The van der Waals surface area contributed by atoms with Crippen LogP contribution in [0.25, 0.3) is 0 Å². The number of benzene rings is 3. The molecule has 10 heteroatoms. The van der Waals surface area contributed by atoms with Gasteiger partial charge in [-0.05, 0) is 105 Å². The number of rotatable bonds is 12. The lowest BCUT2D eigenvalue weighted by atomic mass is 9.59. The van der Waals surface area contributed by atoms with E-state index in [9.17, 15) is 9.59 Å². The monoisotopic (exact) mass is 732 g/mol. The van der Waals surface area contributed by atoms with Crippen molar-refractivity contribution in [1.29, 1.82) is 0 Å². The minimum atomic E-state index is -0.304. The molecule has 2 N–H and O–H groups in total. The molecule has 3 atom stereocenters. The quantitative estimate of drug-likeness (QED) is 0.176. The van der Waals surface area contributed by atoms with E-state index in [2.05, 4.69) is 41.3 Å². The number of amides is 1. The Balaban J connectivity index is 0.00000325. The van der Waals surface area contributed by atoms with Gasteiger partial charge in [0.25, 0.3) is 0 Å². The molecule has 3 aromatic carbocycles. The highest BCUT2D eigenvalue weighted by Gasteiger charge is 2.51. The number of hydrogen-bond acceptors (Lipinski definition) is 5. The average Bonchev–Trinajstić information content (AvgIpc) is 3.05. The fraction of sp³-hybridized carbons (Fsp3) is 0.487. The van der Waals surface area contributed by atoms with Crippen LogP contribution >= 0.6 is 35.6 Å². The largest absolute Gasteiger partial charge is 0.491 e. The second-order valence-corrected chi connectivity index (χ2v) is 14.2. The van der Waals surface area contributed by atoms with Crippen LogP contribution in [0.4, 0.5) is 0 Å². The molecule has 0 radical (unpaired) electrons. The van der Waals surface area contributed by atoms with E-state index in [1.165, 1.54) is 18.9 Å². The Morgan fingerprint density at radius 2 is 1.61 bits per heavy atom. The lowest BCUT2D eigenvalue weighted by Crippen LogP contribution is -2.59. The van der Waals surface area contributed by atoms with Gasteiger partial charge in [-0.3, -0.25) is 14.5 Å². The third-order valence-electron chi connectivity index (χ3n) is 9.91. The molecule has 2 heterocycles. The van der Waals surface area contributed by atoms with Gasteiger partial charge in [0, 0.05) is 32.0 Å². The third-order valence-corrected chi connectivity index (χ3v) is 10.6. The fourth-order valence-electron chi connectivity index (χ4n) is 7.70. The van der Waals surface area contributed by atoms with Crippen molar-refractivity contribution in [3.63, 3.8) is 0 Å². The SMILES string of the molecule is CC(=O)OCCC1(C(Cc2ccccc2)N2CCCCC2)CCN(C(=O)Cc2cccc(OC(C)C)c2)CC1c1ccc(Cl)c(Cl)c1.Cl.O. The van der Waals surface area contributed by atoms with Crippen LogP contribution in [0.3, 0.4) is 0 Å². The van der Waals surface area contributed by atoms with Crippen molar-refractivity contribution < 1.29 is 24.5 Å². The zero-order chi connectivity index (χ0) is 33.4. The Morgan fingerprint density at radius 1 is 0.898 bits per heavy atom. The smallest absolute Gasteiger partial charge is 0.302 e. The maximum absolute atomic E-state index is 14.0. The van der Waals surface area contributed by atoms with E-state index in [0.717, 1.165) is 55.6 Å². The number of likely N-dealkylation sites (tertiary alicyclic amines) is 2. The molecule has 49 heavy (non-hydrogen) atoms. The predicted molar refractivity (Wildman–Crippen MR) is 200 cm³/mol. The number of esters is 1. The van der Waals surface area contributed by atoms with E-state index in [1.807, 2.05) is 55.1 Å². The van der Waals surface area contributed by atoms with Gasteiger partial charge in [-0.1, -0.05) is 78.2 Å². The Hall–Kier alpha value is -2.81. The highest BCUT2D eigenvalue weighted by atomic mass is 35.5. The topological polar surface area (TPSA) is 90.6 Å². The maximum atomic E-state index is 14.0. The molecule has 268 valence electrons. The number of hydrogen-bond donors (Lipinski definition) is 0. The molecule has 2 aliphatic heterocycles. The number of carbonyl (C=O) groups is 2. The molecule has 0 aliphatic carbocycles. The van der Waals surface area contributed by atoms with E-state index in [-0.39, 0.29) is 53.2 Å². The van der Waals surface area contributed by atoms with Gasteiger partial charge >= 0.3 is 5.97 Å². The molecule has 0 saturated carbocycles. The summed E-state index contributed by atoms with van der Waals surface area (Å²) in [5.41, 5.74) is 2.97. The molecule has 3 unspecified atom stereocenters. The van der Waals surface area contributed by atoms with Crippen LogP contribution in [0.1, 0.15) is 75.5 Å². The van der Waals surface area contributed by atoms with E-state index < -0.39 is 0 Å². The summed E-state index contributed by atoms with van der Waals surface area (Å²) in [5, 5.41) is 1.01. The molecular formula is C39H51Cl3N2O5. The van der Waals surface area contributed by atoms with Crippen molar-refractivity contribution in [1.82, 2.24) is 9.80 Å². The Morgan fingerprint density at radius 3 is 2.29 bits per heavy atom. The van der Waals surface area contributed by atoms with Gasteiger partial charge < -0.3 is 19.8 Å². The molecule has 0 bridgehead atoms. The molecule has 0 spiro atoms. The molecule has 2 fully saturated rings. The number of nitrogens with zero attached hydrogens (tertiary/aromatic N) is 2. The van der Waals surface area contributed by atoms with Crippen LogP contribution < -0.4 is 4.74 Å². The molecule has 3 aromatic rings. The number of piperidine rings is 2. The predicted octanol–water partition coefficient (Wildman–Crippen LogP) is 7.97. The Labute approximate surface area is 308 Å². The first-order chi connectivity index (χ1) is 22.6. The number of carbonyl (C=O) groups excluding carboxylic acids is 2. The van der Waals surface area contributed by atoms with E-state index >= 15 is 0 Å². The second kappa shape index (κ2) is 19.0. The van der Waals surface area contributed by atoms with Gasteiger partial charge in [-0.2, -0.15) is 0 Å². The lowest BCUT2D eigenvalue weighted by Gasteiger charge is -2.56. The van der Waals surface area contributed by atoms with Gasteiger partial charge in [-0.15, -0.1) is 12.4 Å². The van der Waals surface area contributed by atoms with Gasteiger partial charge in [0.2, 0.25) is 5.91 Å². The van der Waals surface area contributed by atoms with Crippen LogP contribution in [0, 0.1) is 5.41 Å². The van der Waals surface area contributed by atoms with Crippen molar-refractivity contribution in [3.05, 3.63) is 99.5 Å². The maximum Gasteiger partial charge on any atom is 0.302 e. The summed E-state index contributed by atoms with van der Waals surface area (Å²) in [6.07, 6.45) is 6.23. The lowest BCUT2D eigenvalue weighted by molar-refractivity contribution is -0.143. The fourth-order valence-corrected chi connectivity index (χ4v) is 8.01. The first kappa shape index (κ1) is 40.6. The molecule has 2 aliphatic rings. The molecule has 0 aromatic heterocycles. The zero-order valence-corrected chi connectivity index (χ0v) is 31.2. The van der Waals surface area contributed by atoms with Crippen molar-refractivity contribution >= 4 is 47.5 Å². The number of ether oxygens (including phenoxy) is 2. The summed E-state index contributed by atoms with van der Waals surface area (Å²) >= 11 is 13.1. The standard InChI is InChI=1S/C39H48Cl2N2O4.ClH.H2O/c1-28(2)47-33-14-10-13-31(23-33)25-38(45)43-21-17-39(18-22-46-29(3)44,34(27-43)32-15-16-35(40)36(41)26-32)37(42-19-8-5-9-20-42)24-30-11-6-4-7-12-30;;/h4,6-7,10-16,23,26,28,34,37H,5,8-9,17-22,24-25,27H2,1-3H3;1H;1H2. The first-order valence-corrected chi connectivity index (χ1v) is 17.8. The summed E-state index contributed by atoms with van der Waals surface area (Å²) in [6.45, 7) is 9.00. The second-order valence-electron chi connectivity index (χ2n) is 13.4. The zero-order valence-electron chi connectivity index (χ0n) is 28.8. The van der Waals surface area contributed by atoms with E-state index in [1.54, 1.807) is 0 Å². The molecule has 1 amide bonds. The van der Waals surface area contributed by atoms with E-state index in [4.69, 9.17) is 32.7 Å².